The number of fused-ring (bicyclic) bond motifs is 1. The minimum atomic E-state index is -0.449. The Hall–Kier alpha value is -3.06. The van der Waals surface area contributed by atoms with Crippen molar-refractivity contribution in [3.05, 3.63) is 80.3 Å². The second-order valence-corrected chi connectivity index (χ2v) is 9.01. The van der Waals surface area contributed by atoms with Crippen LogP contribution in [0.5, 0.6) is 0 Å². The molecule has 9 heteroatoms. The van der Waals surface area contributed by atoms with E-state index in [1.54, 1.807) is 41.3 Å². The van der Waals surface area contributed by atoms with E-state index in [9.17, 15) is 15.4 Å². The highest BCUT2D eigenvalue weighted by Crippen LogP contribution is 2.32. The summed E-state index contributed by atoms with van der Waals surface area (Å²) in [7, 11) is 0. The van der Waals surface area contributed by atoms with Crippen LogP contribution in [0, 0.1) is 21.4 Å². The summed E-state index contributed by atoms with van der Waals surface area (Å²) >= 11 is 4.69. The molecule has 6 nitrogen and oxygen atoms in total. The predicted molar refractivity (Wildman–Crippen MR) is 118 cm³/mol. The first-order valence-corrected chi connectivity index (χ1v) is 11.1. The number of thioether (sulfide) groups is 1. The van der Waals surface area contributed by atoms with Gasteiger partial charge in [-0.2, -0.15) is 5.26 Å². The summed E-state index contributed by atoms with van der Waals surface area (Å²) in [4.78, 5) is 19.5. The molecule has 142 valence electrons. The number of allylic oxidation sites excluding steroid dienone is 1. The number of nitro benzene ring substituents is 1. The predicted octanol–water partition coefficient (Wildman–Crippen LogP) is 6.02. The van der Waals surface area contributed by atoms with Gasteiger partial charge in [-0.05, 0) is 35.9 Å². The highest BCUT2D eigenvalue weighted by molar-refractivity contribution is 8.00. The lowest BCUT2D eigenvalue weighted by molar-refractivity contribution is -0.384. The molecule has 0 saturated carbocycles. The third-order valence-electron chi connectivity index (χ3n) is 3.94. The smallest absolute Gasteiger partial charge is 0.258 e. The largest absolute Gasteiger partial charge is 0.269 e. The lowest BCUT2D eigenvalue weighted by atomic mass is 10.1. The van der Waals surface area contributed by atoms with Crippen LogP contribution in [-0.4, -0.2) is 14.9 Å². The first kappa shape index (κ1) is 19.3. The van der Waals surface area contributed by atoms with Crippen LogP contribution in [0.1, 0.15) is 16.3 Å². The second-order valence-electron chi connectivity index (χ2n) is 5.90. The zero-order valence-corrected chi connectivity index (χ0v) is 17.3. The number of hydrogen-bond acceptors (Lipinski definition) is 8. The SMILES string of the molecule is N#C/C(=C/c1ccc([N+](=O)[O-])cc1)c1nc(CSc2nc3ccccc3s2)cs1. The van der Waals surface area contributed by atoms with E-state index in [-0.39, 0.29) is 5.69 Å². The molecular weight excluding hydrogens is 424 g/mol. The Morgan fingerprint density at radius 2 is 2.00 bits per heavy atom. The van der Waals surface area contributed by atoms with E-state index < -0.39 is 4.92 Å². The maximum atomic E-state index is 10.8. The molecule has 0 spiro atoms. The highest BCUT2D eigenvalue weighted by Gasteiger charge is 2.10. The number of para-hydroxylation sites is 1. The summed E-state index contributed by atoms with van der Waals surface area (Å²) in [6.07, 6.45) is 1.69. The Balaban J connectivity index is 1.47. The second kappa shape index (κ2) is 8.53. The fraction of sp³-hybridized carbons (Fsp3) is 0.0500. The van der Waals surface area contributed by atoms with E-state index in [0.29, 0.717) is 21.9 Å². The topological polar surface area (TPSA) is 92.7 Å². The van der Waals surface area contributed by atoms with Crippen LogP contribution < -0.4 is 0 Å². The van der Waals surface area contributed by atoms with Crippen LogP contribution in [0.2, 0.25) is 0 Å². The zero-order valence-electron chi connectivity index (χ0n) is 14.8. The van der Waals surface area contributed by atoms with Crippen LogP contribution in [0.3, 0.4) is 0 Å². The lowest BCUT2D eigenvalue weighted by Gasteiger charge is -1.96. The molecule has 0 fully saturated rings. The van der Waals surface area contributed by atoms with Crippen molar-refractivity contribution in [3.8, 4) is 6.07 Å². The van der Waals surface area contributed by atoms with Crippen molar-refractivity contribution in [1.29, 1.82) is 5.26 Å². The van der Waals surface area contributed by atoms with Crippen LogP contribution in [0.15, 0.2) is 58.3 Å². The van der Waals surface area contributed by atoms with Crippen molar-refractivity contribution < 1.29 is 4.92 Å². The van der Waals surface area contributed by atoms with Gasteiger partial charge in [-0.15, -0.1) is 22.7 Å². The molecule has 0 atom stereocenters. The normalized spacial score (nSPS) is 11.5. The molecule has 2 aromatic heterocycles. The molecule has 0 bridgehead atoms. The Morgan fingerprint density at radius 1 is 1.21 bits per heavy atom. The van der Waals surface area contributed by atoms with Gasteiger partial charge in [0.15, 0.2) is 4.34 Å². The molecule has 29 heavy (non-hydrogen) atoms. The molecule has 0 saturated heterocycles. The molecule has 2 aromatic carbocycles. The summed E-state index contributed by atoms with van der Waals surface area (Å²) < 4.78 is 2.15. The molecule has 0 amide bonds. The average Bonchev–Trinajstić information content (AvgIpc) is 3.37. The van der Waals surface area contributed by atoms with E-state index in [2.05, 4.69) is 22.1 Å². The first-order chi connectivity index (χ1) is 14.1. The van der Waals surface area contributed by atoms with Gasteiger partial charge in [-0.25, -0.2) is 9.97 Å². The number of nitrogens with zero attached hydrogens (tertiary/aromatic N) is 4. The van der Waals surface area contributed by atoms with Crippen molar-refractivity contribution in [3.63, 3.8) is 0 Å². The van der Waals surface area contributed by atoms with Gasteiger partial charge in [-0.1, -0.05) is 23.9 Å². The van der Waals surface area contributed by atoms with Gasteiger partial charge in [0.1, 0.15) is 11.1 Å². The number of thiazole rings is 2. The monoisotopic (exact) mass is 436 g/mol. The quantitative estimate of drug-likeness (QED) is 0.159. The van der Waals surface area contributed by atoms with Gasteiger partial charge in [0.2, 0.25) is 0 Å². The fourth-order valence-electron chi connectivity index (χ4n) is 2.55. The molecule has 0 aliphatic heterocycles. The van der Waals surface area contributed by atoms with Crippen molar-refractivity contribution >= 4 is 62.0 Å². The minimum absolute atomic E-state index is 0.0177. The minimum Gasteiger partial charge on any atom is -0.258 e. The average molecular weight is 437 g/mol. The summed E-state index contributed by atoms with van der Waals surface area (Å²) in [6, 6.07) is 16.3. The number of rotatable bonds is 6. The van der Waals surface area contributed by atoms with Crippen molar-refractivity contribution in [2.45, 2.75) is 10.1 Å². The maximum absolute atomic E-state index is 10.8. The molecule has 4 rings (SSSR count). The van der Waals surface area contributed by atoms with E-state index in [0.717, 1.165) is 20.3 Å². The van der Waals surface area contributed by atoms with Crippen LogP contribution in [0.25, 0.3) is 21.9 Å². The number of nitriles is 1. The molecule has 0 radical (unpaired) electrons. The van der Waals surface area contributed by atoms with Crippen LogP contribution in [-0.2, 0) is 5.75 Å². The molecule has 0 aliphatic carbocycles. The Labute approximate surface area is 178 Å². The summed E-state index contributed by atoms with van der Waals surface area (Å²) in [5.74, 6) is 0.673. The van der Waals surface area contributed by atoms with Gasteiger partial charge >= 0.3 is 0 Å². The Bertz CT molecular complexity index is 1220. The number of benzene rings is 2. The summed E-state index contributed by atoms with van der Waals surface area (Å²) in [6.45, 7) is 0. The molecular formula is C20H12N4O2S3. The van der Waals surface area contributed by atoms with Crippen LogP contribution >= 0.6 is 34.4 Å². The standard InChI is InChI=1S/C20H12N4O2S3/c21-10-14(9-13-5-7-16(8-6-13)24(25)26)19-22-15(11-27-19)12-28-20-23-17-3-1-2-4-18(17)29-20/h1-9,11H,12H2/b14-9-. The number of aromatic nitrogens is 2. The van der Waals surface area contributed by atoms with Crippen molar-refractivity contribution in [2.75, 3.05) is 0 Å². The molecule has 0 unspecified atom stereocenters. The maximum Gasteiger partial charge on any atom is 0.269 e. The van der Waals surface area contributed by atoms with Gasteiger partial charge in [-0.3, -0.25) is 10.1 Å². The van der Waals surface area contributed by atoms with E-state index >= 15 is 0 Å². The third kappa shape index (κ3) is 4.51. The number of non-ortho nitro benzene ring substituents is 1. The fourth-order valence-corrected chi connectivity index (χ4v) is 5.40. The zero-order chi connectivity index (χ0) is 20.2. The van der Waals surface area contributed by atoms with E-state index in [4.69, 9.17) is 0 Å². The van der Waals surface area contributed by atoms with Crippen LogP contribution in [0.4, 0.5) is 5.69 Å². The Morgan fingerprint density at radius 3 is 2.72 bits per heavy atom. The van der Waals surface area contributed by atoms with E-state index in [1.165, 1.54) is 23.5 Å². The van der Waals surface area contributed by atoms with Gasteiger partial charge < -0.3 is 0 Å². The highest BCUT2D eigenvalue weighted by atomic mass is 32.2. The molecule has 0 aliphatic rings. The lowest BCUT2D eigenvalue weighted by Crippen LogP contribution is -1.87. The van der Waals surface area contributed by atoms with Gasteiger partial charge in [0.25, 0.3) is 5.69 Å². The van der Waals surface area contributed by atoms with E-state index in [1.807, 2.05) is 23.6 Å². The van der Waals surface area contributed by atoms with Crippen molar-refractivity contribution in [1.82, 2.24) is 9.97 Å². The van der Waals surface area contributed by atoms with Gasteiger partial charge in [0.05, 0.1) is 26.4 Å². The number of hydrogen-bond donors (Lipinski definition) is 0. The van der Waals surface area contributed by atoms with Crippen molar-refractivity contribution in [2.24, 2.45) is 0 Å². The van der Waals surface area contributed by atoms with Gasteiger partial charge in [0, 0.05) is 23.3 Å². The molecule has 2 heterocycles. The summed E-state index contributed by atoms with van der Waals surface area (Å²) in [5, 5.41) is 22.8. The third-order valence-corrected chi connectivity index (χ3v) is 7.07. The first-order valence-electron chi connectivity index (χ1n) is 8.42. The molecule has 4 aromatic rings. The molecule has 0 N–H and O–H groups in total. The number of nitro groups is 1. The Kier molecular flexibility index (Phi) is 5.67. The summed E-state index contributed by atoms with van der Waals surface area (Å²) in [5.41, 5.74) is 3.05.